The average Bonchev–Trinajstić information content (AvgIpc) is 2.61. The van der Waals surface area contributed by atoms with Crippen molar-refractivity contribution in [2.45, 2.75) is 32.1 Å². The minimum absolute atomic E-state index is 0.429. The van der Waals surface area contributed by atoms with Crippen LogP contribution in [0, 0.1) is 0 Å². The van der Waals surface area contributed by atoms with Gasteiger partial charge in [0.05, 0.1) is 12.5 Å². The topological polar surface area (TPSA) is 71.5 Å². The first-order valence-electron chi connectivity index (χ1n) is 7.80. The van der Waals surface area contributed by atoms with Crippen molar-refractivity contribution in [3.05, 3.63) is 59.9 Å². The average molecular weight is 314 g/mol. The van der Waals surface area contributed by atoms with Crippen LogP contribution in [0.4, 0.5) is 0 Å². The number of hydrogen-bond donors (Lipinski definition) is 2. The Labute approximate surface area is 136 Å². The van der Waals surface area contributed by atoms with Gasteiger partial charge in [0.25, 0.3) is 5.91 Å². The van der Waals surface area contributed by atoms with Crippen molar-refractivity contribution in [1.82, 2.24) is 10.5 Å². The van der Waals surface area contributed by atoms with Gasteiger partial charge in [-0.1, -0.05) is 25.5 Å². The van der Waals surface area contributed by atoms with Gasteiger partial charge in [0.2, 0.25) is 0 Å². The first kappa shape index (κ1) is 17.0. The molecule has 5 nitrogen and oxygen atoms in total. The number of aromatic nitrogens is 1. The second-order valence-electron chi connectivity index (χ2n) is 5.36. The Bertz CT molecular complexity index is 599. The van der Waals surface area contributed by atoms with Crippen molar-refractivity contribution in [3.63, 3.8) is 0 Å². The summed E-state index contributed by atoms with van der Waals surface area (Å²) in [6.07, 6.45) is 5.97. The molecule has 0 aliphatic heterocycles. The van der Waals surface area contributed by atoms with Crippen molar-refractivity contribution >= 4 is 5.91 Å². The van der Waals surface area contributed by atoms with Gasteiger partial charge in [-0.2, -0.15) is 0 Å². The van der Waals surface area contributed by atoms with E-state index in [1.165, 1.54) is 0 Å². The maximum atomic E-state index is 12.0. The molecule has 1 aromatic carbocycles. The summed E-state index contributed by atoms with van der Waals surface area (Å²) in [5.74, 6) is -0.108. The number of hydrogen-bond acceptors (Lipinski definition) is 4. The molecule has 1 unspecified atom stereocenters. The Balaban J connectivity index is 2.11. The number of nitrogens with zero attached hydrogens (tertiary/aromatic N) is 1. The zero-order chi connectivity index (χ0) is 16.5. The summed E-state index contributed by atoms with van der Waals surface area (Å²) >= 11 is 0. The minimum Gasteiger partial charge on any atom is -0.494 e. The second kappa shape index (κ2) is 8.90. The molecule has 0 radical (unpaired) electrons. The van der Waals surface area contributed by atoms with E-state index >= 15 is 0 Å². The van der Waals surface area contributed by atoms with Gasteiger partial charge in [-0.15, -0.1) is 0 Å². The van der Waals surface area contributed by atoms with Crippen LogP contribution in [-0.4, -0.2) is 22.7 Å². The molecule has 1 amide bonds. The Hall–Kier alpha value is -2.40. The predicted molar refractivity (Wildman–Crippen MR) is 87.5 cm³/mol. The van der Waals surface area contributed by atoms with Crippen LogP contribution in [0.5, 0.6) is 5.75 Å². The SMILES string of the molecule is CCCCOc1ccc(C(Cc2ccncc2)C(=O)NO)cc1. The van der Waals surface area contributed by atoms with E-state index in [2.05, 4.69) is 11.9 Å². The maximum Gasteiger partial charge on any atom is 0.251 e. The van der Waals surface area contributed by atoms with Crippen LogP contribution in [-0.2, 0) is 11.2 Å². The smallest absolute Gasteiger partial charge is 0.251 e. The summed E-state index contributed by atoms with van der Waals surface area (Å²) in [4.78, 5) is 16.0. The van der Waals surface area contributed by atoms with E-state index in [1.54, 1.807) is 17.9 Å². The zero-order valence-corrected chi connectivity index (χ0v) is 13.2. The molecular formula is C18H22N2O3. The molecule has 5 heteroatoms. The number of carbonyl (C=O) groups is 1. The van der Waals surface area contributed by atoms with E-state index in [1.807, 2.05) is 36.4 Å². The third-order valence-corrected chi connectivity index (χ3v) is 3.66. The highest BCUT2D eigenvalue weighted by molar-refractivity contribution is 5.83. The summed E-state index contributed by atoms with van der Waals surface area (Å²) in [6, 6.07) is 11.2. The lowest BCUT2D eigenvalue weighted by Gasteiger charge is -2.16. The molecule has 122 valence electrons. The largest absolute Gasteiger partial charge is 0.494 e. The minimum atomic E-state index is -0.466. The zero-order valence-electron chi connectivity index (χ0n) is 13.2. The molecule has 1 atom stereocenters. The van der Waals surface area contributed by atoms with Crippen LogP contribution in [0.1, 0.15) is 36.8 Å². The molecule has 2 N–H and O–H groups in total. The van der Waals surface area contributed by atoms with Crippen LogP contribution in [0.3, 0.4) is 0 Å². The molecule has 0 saturated carbocycles. The number of pyridine rings is 1. The lowest BCUT2D eigenvalue weighted by molar-refractivity contribution is -0.130. The van der Waals surface area contributed by atoms with Gasteiger partial charge in [-0.25, -0.2) is 5.48 Å². The highest BCUT2D eigenvalue weighted by Gasteiger charge is 2.20. The van der Waals surface area contributed by atoms with E-state index in [-0.39, 0.29) is 0 Å². The monoisotopic (exact) mass is 314 g/mol. The summed E-state index contributed by atoms with van der Waals surface area (Å²) in [6.45, 7) is 2.80. The molecule has 0 bridgehead atoms. The number of ether oxygens (including phenoxy) is 1. The fourth-order valence-corrected chi connectivity index (χ4v) is 2.33. The van der Waals surface area contributed by atoms with E-state index in [0.29, 0.717) is 13.0 Å². The van der Waals surface area contributed by atoms with E-state index in [4.69, 9.17) is 9.94 Å². The van der Waals surface area contributed by atoms with Crippen LogP contribution in [0.15, 0.2) is 48.8 Å². The Morgan fingerprint density at radius 2 is 1.91 bits per heavy atom. The molecule has 23 heavy (non-hydrogen) atoms. The summed E-state index contributed by atoms with van der Waals surface area (Å²) in [5.41, 5.74) is 3.57. The van der Waals surface area contributed by atoms with Gasteiger partial charge in [0, 0.05) is 12.4 Å². The number of benzene rings is 1. The number of carbonyl (C=O) groups excluding carboxylic acids is 1. The maximum absolute atomic E-state index is 12.0. The van der Waals surface area contributed by atoms with Crippen LogP contribution < -0.4 is 10.2 Å². The molecule has 1 aromatic heterocycles. The van der Waals surface area contributed by atoms with Gasteiger partial charge >= 0.3 is 0 Å². The molecule has 0 aliphatic carbocycles. The van der Waals surface area contributed by atoms with E-state index in [0.717, 1.165) is 29.7 Å². The molecule has 0 fully saturated rings. The highest BCUT2D eigenvalue weighted by Crippen LogP contribution is 2.23. The van der Waals surface area contributed by atoms with Crippen molar-refractivity contribution in [3.8, 4) is 5.75 Å². The van der Waals surface area contributed by atoms with E-state index in [9.17, 15) is 4.79 Å². The fraction of sp³-hybridized carbons (Fsp3) is 0.333. The Morgan fingerprint density at radius 1 is 1.22 bits per heavy atom. The van der Waals surface area contributed by atoms with Crippen molar-refractivity contribution < 1.29 is 14.7 Å². The number of hydroxylamine groups is 1. The van der Waals surface area contributed by atoms with E-state index < -0.39 is 11.8 Å². The first-order valence-corrected chi connectivity index (χ1v) is 7.80. The van der Waals surface area contributed by atoms with Crippen molar-refractivity contribution in [1.29, 1.82) is 0 Å². The standard InChI is InChI=1S/C18H22N2O3/c1-2-3-12-23-16-6-4-15(5-7-16)17(18(21)20-22)13-14-8-10-19-11-9-14/h4-11,17,22H,2-3,12-13H2,1H3,(H,20,21). The van der Waals surface area contributed by atoms with Gasteiger partial charge in [0.15, 0.2) is 0 Å². The molecule has 2 aromatic rings. The third kappa shape index (κ3) is 5.07. The van der Waals surface area contributed by atoms with Gasteiger partial charge in [-0.3, -0.25) is 15.0 Å². The van der Waals surface area contributed by atoms with Crippen molar-refractivity contribution in [2.75, 3.05) is 6.61 Å². The highest BCUT2D eigenvalue weighted by atomic mass is 16.5. The summed E-state index contributed by atoms with van der Waals surface area (Å²) < 4.78 is 5.63. The second-order valence-corrected chi connectivity index (χ2v) is 5.36. The third-order valence-electron chi connectivity index (χ3n) is 3.66. The quantitative estimate of drug-likeness (QED) is 0.446. The Kier molecular flexibility index (Phi) is 6.56. The van der Waals surface area contributed by atoms with Gasteiger partial charge in [-0.05, 0) is 48.2 Å². The van der Waals surface area contributed by atoms with Crippen molar-refractivity contribution in [2.24, 2.45) is 0 Å². The normalized spacial score (nSPS) is 11.7. The molecule has 0 spiro atoms. The number of unbranched alkanes of at least 4 members (excludes halogenated alkanes) is 1. The molecule has 0 saturated heterocycles. The fourth-order valence-electron chi connectivity index (χ4n) is 2.33. The van der Waals surface area contributed by atoms with Crippen LogP contribution >= 0.6 is 0 Å². The first-order chi connectivity index (χ1) is 11.2. The van der Waals surface area contributed by atoms with Crippen LogP contribution in [0.2, 0.25) is 0 Å². The lowest BCUT2D eigenvalue weighted by atomic mass is 9.91. The summed E-state index contributed by atoms with van der Waals surface area (Å²) in [7, 11) is 0. The number of rotatable bonds is 8. The molecule has 1 heterocycles. The molecular weight excluding hydrogens is 292 g/mol. The summed E-state index contributed by atoms with van der Waals surface area (Å²) in [5, 5.41) is 9.01. The number of nitrogens with one attached hydrogen (secondary N) is 1. The molecule has 0 aliphatic rings. The Morgan fingerprint density at radius 3 is 2.52 bits per heavy atom. The van der Waals surface area contributed by atoms with Gasteiger partial charge in [0.1, 0.15) is 5.75 Å². The van der Waals surface area contributed by atoms with Gasteiger partial charge < -0.3 is 4.74 Å². The molecule has 2 rings (SSSR count). The lowest BCUT2D eigenvalue weighted by Crippen LogP contribution is -2.27. The predicted octanol–water partition coefficient (Wildman–Crippen LogP) is 3.09. The number of amides is 1. The van der Waals surface area contributed by atoms with Crippen LogP contribution in [0.25, 0.3) is 0 Å².